The Morgan fingerprint density at radius 2 is 1.66 bits per heavy atom. The van der Waals surface area contributed by atoms with Crippen LogP contribution >= 0.6 is 0 Å². The van der Waals surface area contributed by atoms with Crippen molar-refractivity contribution in [2.24, 2.45) is 0 Å². The summed E-state index contributed by atoms with van der Waals surface area (Å²) < 4.78 is 13.9. The van der Waals surface area contributed by atoms with Gasteiger partial charge in [-0.05, 0) is 53.9 Å². The Labute approximate surface area is 182 Å². The highest BCUT2D eigenvalue weighted by Gasteiger charge is 2.44. The molecule has 0 fully saturated rings. The van der Waals surface area contributed by atoms with Gasteiger partial charge in [-0.1, -0.05) is 24.3 Å². The molecule has 2 amide bonds. The van der Waals surface area contributed by atoms with Crippen LogP contribution < -0.4 is 9.80 Å². The number of amides is 2. The Kier molecular flexibility index (Phi) is 4.55. The lowest BCUT2D eigenvalue weighted by Gasteiger charge is -2.21. The van der Waals surface area contributed by atoms with Crippen molar-refractivity contribution in [1.29, 1.82) is 0 Å². The maximum absolute atomic E-state index is 13.9. The second-order valence-corrected chi connectivity index (χ2v) is 7.48. The van der Waals surface area contributed by atoms with E-state index in [0.29, 0.717) is 18.5 Å². The number of hydrogen-bond acceptors (Lipinski definition) is 5. The zero-order chi connectivity index (χ0) is 22.4. The van der Waals surface area contributed by atoms with Crippen molar-refractivity contribution in [3.63, 3.8) is 0 Å². The average molecular weight is 429 g/mol. The standard InChI is InChI=1S/C24H16FN3O4/c25-17-5-3-6-19(14-17)27-23(29)21(16-8-10-18(11-9-16)28(31)32)22(24(27)30)26-13-12-15-4-1-2-7-20(15)26/h1-11,14H,12-13H2. The first-order chi connectivity index (χ1) is 15.5. The minimum atomic E-state index is -0.603. The third-order valence-electron chi connectivity index (χ3n) is 5.65. The molecule has 3 aromatic carbocycles. The molecule has 2 aliphatic rings. The number of halogens is 1. The fraction of sp³-hybridized carbons (Fsp3) is 0.0833. The number of nitrogens with zero attached hydrogens (tertiary/aromatic N) is 3. The van der Waals surface area contributed by atoms with Crippen LogP contribution in [-0.4, -0.2) is 23.3 Å². The molecule has 0 radical (unpaired) electrons. The third-order valence-corrected chi connectivity index (χ3v) is 5.65. The SMILES string of the molecule is O=C1C(c2ccc([N+](=O)[O-])cc2)=C(N2CCc3ccccc32)C(=O)N1c1cccc(F)c1. The van der Waals surface area contributed by atoms with Gasteiger partial charge in [-0.2, -0.15) is 0 Å². The monoisotopic (exact) mass is 429 g/mol. The van der Waals surface area contributed by atoms with E-state index in [0.717, 1.165) is 22.2 Å². The first kappa shape index (κ1) is 19.6. The summed E-state index contributed by atoms with van der Waals surface area (Å²) in [6.45, 7) is 0.501. The molecule has 0 spiro atoms. The lowest BCUT2D eigenvalue weighted by atomic mass is 10.0. The van der Waals surface area contributed by atoms with Crippen LogP contribution in [0.4, 0.5) is 21.5 Å². The van der Waals surface area contributed by atoms with Crippen LogP contribution in [0.2, 0.25) is 0 Å². The molecule has 3 aromatic rings. The predicted molar refractivity (Wildman–Crippen MR) is 116 cm³/mol. The van der Waals surface area contributed by atoms with Gasteiger partial charge in [0, 0.05) is 24.4 Å². The van der Waals surface area contributed by atoms with Crippen molar-refractivity contribution in [2.75, 3.05) is 16.3 Å². The second-order valence-electron chi connectivity index (χ2n) is 7.48. The number of para-hydroxylation sites is 1. The minimum Gasteiger partial charge on any atom is -0.336 e. The molecule has 0 saturated carbocycles. The summed E-state index contributed by atoms with van der Waals surface area (Å²) in [4.78, 5) is 40.3. The van der Waals surface area contributed by atoms with Gasteiger partial charge in [0.1, 0.15) is 11.5 Å². The Balaban J connectivity index is 1.68. The van der Waals surface area contributed by atoms with Gasteiger partial charge in [-0.3, -0.25) is 19.7 Å². The molecule has 158 valence electrons. The number of anilines is 2. The zero-order valence-corrected chi connectivity index (χ0v) is 16.7. The number of carbonyl (C=O) groups excluding carboxylic acids is 2. The van der Waals surface area contributed by atoms with Crippen LogP contribution in [0.25, 0.3) is 5.57 Å². The number of carbonyl (C=O) groups is 2. The van der Waals surface area contributed by atoms with E-state index in [-0.39, 0.29) is 22.6 Å². The second kappa shape index (κ2) is 7.42. The lowest BCUT2D eigenvalue weighted by Crippen LogP contribution is -2.34. The largest absolute Gasteiger partial charge is 0.336 e. The van der Waals surface area contributed by atoms with E-state index in [1.807, 2.05) is 24.3 Å². The highest BCUT2D eigenvalue weighted by Crippen LogP contribution is 2.40. The summed E-state index contributed by atoms with van der Waals surface area (Å²) >= 11 is 0. The fourth-order valence-corrected chi connectivity index (χ4v) is 4.20. The topological polar surface area (TPSA) is 83.8 Å². The van der Waals surface area contributed by atoms with Gasteiger partial charge in [0.05, 0.1) is 16.2 Å². The number of imide groups is 1. The summed E-state index contributed by atoms with van der Waals surface area (Å²) in [6, 6.07) is 18.4. The maximum atomic E-state index is 13.9. The molecule has 0 N–H and O–H groups in total. The molecular weight excluding hydrogens is 413 g/mol. The number of nitro benzene ring substituents is 1. The van der Waals surface area contributed by atoms with Crippen molar-refractivity contribution in [3.8, 4) is 0 Å². The molecule has 0 aromatic heterocycles. The number of benzene rings is 3. The number of nitro groups is 1. The number of fused-ring (bicyclic) bond motifs is 1. The summed E-state index contributed by atoms with van der Waals surface area (Å²) in [7, 11) is 0. The highest BCUT2D eigenvalue weighted by molar-refractivity contribution is 6.46. The van der Waals surface area contributed by atoms with E-state index in [1.165, 1.54) is 42.5 Å². The molecule has 0 atom stereocenters. The van der Waals surface area contributed by atoms with Gasteiger partial charge < -0.3 is 4.90 Å². The molecule has 7 nitrogen and oxygen atoms in total. The normalized spacial score (nSPS) is 15.5. The van der Waals surface area contributed by atoms with E-state index in [4.69, 9.17) is 0 Å². The zero-order valence-electron chi connectivity index (χ0n) is 16.7. The van der Waals surface area contributed by atoms with E-state index >= 15 is 0 Å². The highest BCUT2D eigenvalue weighted by atomic mass is 19.1. The van der Waals surface area contributed by atoms with Crippen LogP contribution in [-0.2, 0) is 16.0 Å². The molecule has 2 heterocycles. The molecule has 0 unspecified atom stereocenters. The Hall–Kier alpha value is -4.33. The van der Waals surface area contributed by atoms with Gasteiger partial charge in [0.2, 0.25) is 0 Å². The molecule has 5 rings (SSSR count). The number of non-ortho nitro benzene ring substituents is 1. The first-order valence-electron chi connectivity index (χ1n) is 9.94. The quantitative estimate of drug-likeness (QED) is 0.355. The molecule has 32 heavy (non-hydrogen) atoms. The van der Waals surface area contributed by atoms with Crippen molar-refractivity contribution < 1.29 is 18.9 Å². The number of hydrogen-bond donors (Lipinski definition) is 0. The van der Waals surface area contributed by atoms with Crippen LogP contribution in [0.1, 0.15) is 11.1 Å². The minimum absolute atomic E-state index is 0.124. The van der Waals surface area contributed by atoms with Crippen LogP contribution in [0.5, 0.6) is 0 Å². The first-order valence-corrected chi connectivity index (χ1v) is 9.94. The van der Waals surface area contributed by atoms with Gasteiger partial charge in [-0.15, -0.1) is 0 Å². The fourth-order valence-electron chi connectivity index (χ4n) is 4.20. The van der Waals surface area contributed by atoms with Crippen molar-refractivity contribution in [3.05, 3.63) is 106 Å². The van der Waals surface area contributed by atoms with E-state index in [2.05, 4.69) is 0 Å². The number of rotatable bonds is 4. The van der Waals surface area contributed by atoms with E-state index in [1.54, 1.807) is 4.90 Å². The molecule has 0 bridgehead atoms. The Bertz CT molecular complexity index is 1320. The van der Waals surface area contributed by atoms with Crippen LogP contribution in [0.15, 0.2) is 78.5 Å². The molecule has 0 saturated heterocycles. The van der Waals surface area contributed by atoms with E-state index in [9.17, 15) is 24.1 Å². The smallest absolute Gasteiger partial charge is 0.282 e. The summed E-state index contributed by atoms with van der Waals surface area (Å²) in [5.41, 5.74) is 2.57. The predicted octanol–water partition coefficient (Wildman–Crippen LogP) is 4.08. The lowest BCUT2D eigenvalue weighted by molar-refractivity contribution is -0.384. The van der Waals surface area contributed by atoms with E-state index < -0.39 is 22.6 Å². The molecule has 2 aliphatic heterocycles. The van der Waals surface area contributed by atoms with Crippen LogP contribution in [0, 0.1) is 15.9 Å². The van der Waals surface area contributed by atoms with Gasteiger partial charge >= 0.3 is 0 Å². The summed E-state index contributed by atoms with van der Waals surface area (Å²) in [6.07, 6.45) is 0.703. The Morgan fingerprint density at radius 3 is 2.38 bits per heavy atom. The van der Waals surface area contributed by atoms with Crippen LogP contribution in [0.3, 0.4) is 0 Å². The maximum Gasteiger partial charge on any atom is 0.282 e. The van der Waals surface area contributed by atoms with Crippen molar-refractivity contribution in [2.45, 2.75) is 6.42 Å². The van der Waals surface area contributed by atoms with Gasteiger partial charge in [0.25, 0.3) is 17.5 Å². The molecule has 8 heteroatoms. The van der Waals surface area contributed by atoms with Crippen molar-refractivity contribution in [1.82, 2.24) is 0 Å². The molecular formula is C24H16FN3O4. The Morgan fingerprint density at radius 1 is 0.906 bits per heavy atom. The van der Waals surface area contributed by atoms with Gasteiger partial charge in [-0.25, -0.2) is 9.29 Å². The summed E-state index contributed by atoms with van der Waals surface area (Å²) in [5, 5.41) is 11.1. The average Bonchev–Trinajstić information content (AvgIpc) is 3.31. The third kappa shape index (κ3) is 3.04. The van der Waals surface area contributed by atoms with Gasteiger partial charge in [0.15, 0.2) is 0 Å². The van der Waals surface area contributed by atoms with Crippen molar-refractivity contribution >= 4 is 34.4 Å². The molecule has 0 aliphatic carbocycles. The summed E-state index contributed by atoms with van der Waals surface area (Å²) in [5.74, 6) is -1.74.